The Morgan fingerprint density at radius 3 is 2.69 bits per heavy atom. The van der Waals surface area contributed by atoms with Crippen molar-refractivity contribution in [1.29, 1.82) is 0 Å². The number of nitrogens with zero attached hydrogens (tertiary/aromatic N) is 6. The molecular formula is C19H21F2N7O. The van der Waals surface area contributed by atoms with Gasteiger partial charge >= 0.3 is 0 Å². The predicted molar refractivity (Wildman–Crippen MR) is 105 cm³/mol. The number of hydrogen-bond donors (Lipinski definition) is 1. The molecule has 4 rings (SSSR count). The number of carbonyl (C=O) groups is 1. The van der Waals surface area contributed by atoms with E-state index in [0.717, 1.165) is 35.1 Å². The first-order chi connectivity index (χ1) is 13.9. The fourth-order valence-corrected chi connectivity index (χ4v) is 3.52. The molecule has 1 saturated heterocycles. The van der Waals surface area contributed by atoms with E-state index in [4.69, 9.17) is 0 Å². The average Bonchev–Trinajstić information content (AvgIpc) is 3.11. The summed E-state index contributed by atoms with van der Waals surface area (Å²) >= 11 is 0. The highest BCUT2D eigenvalue weighted by Gasteiger charge is 2.27. The van der Waals surface area contributed by atoms with Crippen LogP contribution < -0.4 is 10.2 Å². The smallest absolute Gasteiger partial charge is 0.241 e. The Hall–Kier alpha value is -3.14. The fourth-order valence-electron chi connectivity index (χ4n) is 3.52. The highest BCUT2D eigenvalue weighted by molar-refractivity contribution is 5.94. The number of hydrogen-bond acceptors (Lipinski definition) is 6. The molecule has 0 radical (unpaired) electrons. The number of aryl methyl sites for hydroxylation is 1. The van der Waals surface area contributed by atoms with Gasteiger partial charge in [0.25, 0.3) is 0 Å². The van der Waals surface area contributed by atoms with Crippen molar-refractivity contribution >= 4 is 28.4 Å². The van der Waals surface area contributed by atoms with Gasteiger partial charge in [-0.05, 0) is 19.1 Å². The Morgan fingerprint density at radius 2 is 1.93 bits per heavy atom. The van der Waals surface area contributed by atoms with Crippen molar-refractivity contribution in [3.63, 3.8) is 0 Å². The van der Waals surface area contributed by atoms with Crippen LogP contribution in [0.1, 0.15) is 6.92 Å². The van der Waals surface area contributed by atoms with Crippen molar-refractivity contribution in [3.05, 3.63) is 42.4 Å². The standard InChI is InChI=1S/C19H21F2N7O/c1-12(19(29)25-16-9-13(20)3-4-15(16)21)27-5-7-28(8-6-27)18-14-10-24-26(2)17(14)22-11-23-18/h3-4,9-12H,5-8H2,1-2H3,(H,25,29)/t12-/m1/s1. The van der Waals surface area contributed by atoms with E-state index < -0.39 is 17.7 Å². The summed E-state index contributed by atoms with van der Waals surface area (Å²) in [5.41, 5.74) is 0.614. The van der Waals surface area contributed by atoms with Gasteiger partial charge < -0.3 is 10.2 Å². The predicted octanol–water partition coefficient (Wildman–Crippen LogP) is 1.79. The minimum Gasteiger partial charge on any atom is -0.353 e. The van der Waals surface area contributed by atoms with Crippen LogP contribution in [0, 0.1) is 11.6 Å². The molecule has 0 spiro atoms. The second-order valence-electron chi connectivity index (χ2n) is 7.02. The summed E-state index contributed by atoms with van der Waals surface area (Å²) in [5, 5.41) is 7.60. The molecule has 29 heavy (non-hydrogen) atoms. The molecule has 152 valence electrons. The Bertz CT molecular complexity index is 1050. The molecule has 8 nitrogen and oxygen atoms in total. The number of rotatable bonds is 4. The van der Waals surface area contributed by atoms with Crippen LogP contribution in [0.3, 0.4) is 0 Å². The number of amides is 1. The van der Waals surface area contributed by atoms with Crippen molar-refractivity contribution in [1.82, 2.24) is 24.6 Å². The van der Waals surface area contributed by atoms with E-state index in [1.807, 2.05) is 11.9 Å². The zero-order valence-electron chi connectivity index (χ0n) is 16.1. The normalized spacial score (nSPS) is 16.2. The van der Waals surface area contributed by atoms with Crippen LogP contribution in [0.4, 0.5) is 20.3 Å². The SMILES string of the molecule is C[C@H](C(=O)Nc1cc(F)ccc1F)N1CCN(c2ncnc3c2cnn3C)CC1. The second kappa shape index (κ2) is 7.70. The molecule has 1 aliphatic rings. The lowest BCUT2D eigenvalue weighted by Gasteiger charge is -2.38. The van der Waals surface area contributed by atoms with Gasteiger partial charge in [0, 0.05) is 39.3 Å². The summed E-state index contributed by atoms with van der Waals surface area (Å²) in [5.74, 6) is -0.822. The lowest BCUT2D eigenvalue weighted by atomic mass is 10.2. The number of anilines is 2. The van der Waals surface area contributed by atoms with Gasteiger partial charge in [-0.1, -0.05) is 0 Å². The van der Waals surface area contributed by atoms with Gasteiger partial charge in [0.05, 0.1) is 23.3 Å². The first-order valence-electron chi connectivity index (χ1n) is 9.31. The summed E-state index contributed by atoms with van der Waals surface area (Å²) < 4.78 is 28.8. The number of piperazine rings is 1. The fraction of sp³-hybridized carbons (Fsp3) is 0.368. The average molecular weight is 401 g/mol. The molecule has 1 amide bonds. The maximum atomic E-state index is 13.8. The molecule has 1 fully saturated rings. The van der Waals surface area contributed by atoms with Gasteiger partial charge in [-0.2, -0.15) is 5.10 Å². The van der Waals surface area contributed by atoms with Crippen molar-refractivity contribution in [2.75, 3.05) is 36.4 Å². The van der Waals surface area contributed by atoms with Gasteiger partial charge in [-0.25, -0.2) is 18.7 Å². The zero-order chi connectivity index (χ0) is 20.5. The molecule has 0 bridgehead atoms. The van der Waals surface area contributed by atoms with Crippen molar-refractivity contribution < 1.29 is 13.6 Å². The maximum absolute atomic E-state index is 13.8. The highest BCUT2D eigenvalue weighted by atomic mass is 19.1. The third-order valence-corrected chi connectivity index (χ3v) is 5.24. The second-order valence-corrected chi connectivity index (χ2v) is 7.02. The number of carbonyl (C=O) groups excluding carboxylic acids is 1. The van der Waals surface area contributed by atoms with E-state index in [0.29, 0.717) is 26.2 Å². The van der Waals surface area contributed by atoms with Crippen LogP contribution >= 0.6 is 0 Å². The quantitative estimate of drug-likeness (QED) is 0.718. The Kier molecular flexibility index (Phi) is 5.10. The third-order valence-electron chi connectivity index (χ3n) is 5.24. The number of aromatic nitrogens is 4. The van der Waals surface area contributed by atoms with Crippen molar-refractivity contribution in [2.24, 2.45) is 7.05 Å². The Labute approximate surface area is 166 Å². The topological polar surface area (TPSA) is 79.2 Å². The number of benzene rings is 1. The van der Waals surface area contributed by atoms with Crippen LogP contribution in [0.25, 0.3) is 11.0 Å². The van der Waals surface area contributed by atoms with Crippen LogP contribution in [-0.2, 0) is 11.8 Å². The van der Waals surface area contributed by atoms with Gasteiger partial charge in [-0.15, -0.1) is 0 Å². The molecule has 0 unspecified atom stereocenters. The number of nitrogens with one attached hydrogen (secondary N) is 1. The molecule has 1 atom stereocenters. The largest absolute Gasteiger partial charge is 0.353 e. The Balaban J connectivity index is 1.41. The summed E-state index contributed by atoms with van der Waals surface area (Å²) in [7, 11) is 1.83. The molecule has 1 aromatic carbocycles. The summed E-state index contributed by atoms with van der Waals surface area (Å²) in [4.78, 5) is 25.3. The van der Waals surface area contributed by atoms with E-state index in [2.05, 4.69) is 25.3 Å². The molecule has 1 N–H and O–H groups in total. The molecule has 3 aromatic rings. The van der Waals surface area contributed by atoms with Crippen molar-refractivity contribution in [3.8, 4) is 0 Å². The van der Waals surface area contributed by atoms with Crippen LogP contribution in [0.15, 0.2) is 30.7 Å². The van der Waals surface area contributed by atoms with E-state index in [1.165, 1.54) is 6.33 Å². The van der Waals surface area contributed by atoms with E-state index in [9.17, 15) is 13.6 Å². The summed E-state index contributed by atoms with van der Waals surface area (Å²) in [6.45, 7) is 4.37. The minimum absolute atomic E-state index is 0.152. The van der Waals surface area contributed by atoms with Gasteiger partial charge in [0.2, 0.25) is 5.91 Å². The van der Waals surface area contributed by atoms with Gasteiger partial charge in [-0.3, -0.25) is 14.4 Å². The van der Waals surface area contributed by atoms with Crippen LogP contribution in [0.2, 0.25) is 0 Å². The van der Waals surface area contributed by atoms with Crippen LogP contribution in [-0.4, -0.2) is 62.8 Å². The Morgan fingerprint density at radius 1 is 1.17 bits per heavy atom. The zero-order valence-corrected chi connectivity index (χ0v) is 16.1. The molecule has 0 saturated carbocycles. The molecular weight excluding hydrogens is 380 g/mol. The van der Waals surface area contributed by atoms with E-state index in [-0.39, 0.29) is 11.6 Å². The highest BCUT2D eigenvalue weighted by Crippen LogP contribution is 2.24. The third kappa shape index (κ3) is 3.75. The number of halogens is 2. The first-order valence-corrected chi connectivity index (χ1v) is 9.31. The molecule has 1 aliphatic heterocycles. The molecule has 0 aliphatic carbocycles. The molecule has 2 aromatic heterocycles. The van der Waals surface area contributed by atoms with Crippen LogP contribution in [0.5, 0.6) is 0 Å². The molecule has 3 heterocycles. The number of fused-ring (bicyclic) bond motifs is 1. The van der Waals surface area contributed by atoms with E-state index >= 15 is 0 Å². The lowest BCUT2D eigenvalue weighted by Crippen LogP contribution is -2.53. The van der Waals surface area contributed by atoms with Crippen molar-refractivity contribution in [2.45, 2.75) is 13.0 Å². The minimum atomic E-state index is -0.666. The summed E-state index contributed by atoms with van der Waals surface area (Å²) in [6, 6.07) is 2.50. The first kappa shape index (κ1) is 19.2. The molecule has 10 heteroatoms. The summed E-state index contributed by atoms with van der Waals surface area (Å²) in [6.07, 6.45) is 3.27. The van der Waals surface area contributed by atoms with Gasteiger partial charge in [0.1, 0.15) is 23.8 Å². The maximum Gasteiger partial charge on any atom is 0.241 e. The lowest BCUT2D eigenvalue weighted by molar-refractivity contribution is -0.120. The van der Waals surface area contributed by atoms with E-state index in [1.54, 1.807) is 17.8 Å². The monoisotopic (exact) mass is 401 g/mol. The van der Waals surface area contributed by atoms with Gasteiger partial charge in [0.15, 0.2) is 5.65 Å².